The van der Waals surface area contributed by atoms with E-state index in [-0.39, 0.29) is 12.3 Å². The number of hydrogen-bond acceptors (Lipinski definition) is 4. The summed E-state index contributed by atoms with van der Waals surface area (Å²) in [5.41, 5.74) is 5.37. The van der Waals surface area contributed by atoms with E-state index < -0.39 is 26.2 Å². The second kappa shape index (κ2) is 3.68. The predicted molar refractivity (Wildman–Crippen MR) is 69.1 cm³/mol. The minimum Gasteiger partial charge on any atom is -0.320 e. The quantitative estimate of drug-likeness (QED) is 0.710. The molecule has 2 aliphatic rings. The van der Waals surface area contributed by atoms with Gasteiger partial charge in [0.2, 0.25) is 15.9 Å². The maximum absolute atomic E-state index is 12.4. The van der Waals surface area contributed by atoms with Crippen molar-refractivity contribution in [3.63, 3.8) is 0 Å². The molecule has 5 nitrogen and oxygen atoms in total. The molecule has 0 aliphatic heterocycles. The summed E-state index contributed by atoms with van der Waals surface area (Å²) in [6.45, 7) is 8.89. The third-order valence-corrected chi connectivity index (χ3v) is 6.12. The standard InChI is InChI=1S/C12H18N2O3S/c1-4-11(13)7-12(11,8(2)3)18(16,17)14-10(15)9-5-6-9/h4,9H,1-2,5-7,13H2,3H3,(H,14,15). The molecule has 6 heteroatoms. The van der Waals surface area contributed by atoms with Gasteiger partial charge in [-0.25, -0.2) is 8.42 Å². The number of carbonyl (C=O) groups excluding carboxylic acids is 1. The largest absolute Gasteiger partial charge is 0.320 e. The van der Waals surface area contributed by atoms with Crippen molar-refractivity contribution in [1.29, 1.82) is 0 Å². The first kappa shape index (κ1) is 13.3. The van der Waals surface area contributed by atoms with Crippen LogP contribution in [0.5, 0.6) is 0 Å². The lowest BCUT2D eigenvalue weighted by atomic mass is 10.1. The third kappa shape index (κ3) is 1.63. The number of hydrogen-bond donors (Lipinski definition) is 2. The highest BCUT2D eigenvalue weighted by atomic mass is 32.2. The lowest BCUT2D eigenvalue weighted by Crippen LogP contribution is -2.47. The number of sulfonamides is 1. The van der Waals surface area contributed by atoms with E-state index in [1.54, 1.807) is 6.92 Å². The van der Waals surface area contributed by atoms with Gasteiger partial charge in [-0.2, -0.15) is 0 Å². The Bertz CT molecular complexity index is 536. The number of nitrogens with one attached hydrogen (secondary N) is 1. The Morgan fingerprint density at radius 2 is 2.06 bits per heavy atom. The summed E-state index contributed by atoms with van der Waals surface area (Å²) in [6, 6.07) is 0. The van der Waals surface area contributed by atoms with E-state index in [0.29, 0.717) is 5.57 Å². The summed E-state index contributed by atoms with van der Waals surface area (Å²) in [5, 5.41) is 0. The lowest BCUT2D eigenvalue weighted by Gasteiger charge is -2.21. The Kier molecular flexibility index (Phi) is 2.72. The van der Waals surface area contributed by atoms with Crippen LogP contribution in [0.1, 0.15) is 26.2 Å². The van der Waals surface area contributed by atoms with Crippen LogP contribution in [-0.4, -0.2) is 24.6 Å². The van der Waals surface area contributed by atoms with Gasteiger partial charge in [0.15, 0.2) is 0 Å². The van der Waals surface area contributed by atoms with Gasteiger partial charge in [-0.1, -0.05) is 18.2 Å². The van der Waals surface area contributed by atoms with E-state index in [0.717, 1.165) is 12.8 Å². The Hall–Kier alpha value is -1.14. The zero-order valence-electron chi connectivity index (χ0n) is 10.4. The average Bonchev–Trinajstić information content (AvgIpc) is 3.10. The molecule has 100 valence electrons. The highest BCUT2D eigenvalue weighted by Gasteiger charge is 2.73. The summed E-state index contributed by atoms with van der Waals surface area (Å²) < 4.78 is 25.5. The number of carbonyl (C=O) groups is 1. The molecule has 2 unspecified atom stereocenters. The van der Waals surface area contributed by atoms with Crippen LogP contribution in [0.4, 0.5) is 0 Å². The van der Waals surface area contributed by atoms with Gasteiger partial charge in [-0.15, -0.1) is 6.58 Å². The molecule has 0 heterocycles. The van der Waals surface area contributed by atoms with Crippen molar-refractivity contribution in [1.82, 2.24) is 4.72 Å². The van der Waals surface area contributed by atoms with Crippen molar-refractivity contribution in [2.24, 2.45) is 11.7 Å². The number of rotatable bonds is 5. The zero-order chi connectivity index (χ0) is 13.8. The minimum absolute atomic E-state index is 0.170. The first-order valence-electron chi connectivity index (χ1n) is 5.85. The minimum atomic E-state index is -3.87. The maximum Gasteiger partial charge on any atom is 0.246 e. The summed E-state index contributed by atoms with van der Waals surface area (Å²) in [7, 11) is -3.87. The van der Waals surface area contributed by atoms with E-state index in [1.807, 2.05) is 0 Å². The van der Waals surface area contributed by atoms with Crippen LogP contribution in [0, 0.1) is 5.92 Å². The van der Waals surface area contributed by atoms with Gasteiger partial charge in [0.1, 0.15) is 4.75 Å². The smallest absolute Gasteiger partial charge is 0.246 e. The van der Waals surface area contributed by atoms with Crippen molar-refractivity contribution < 1.29 is 13.2 Å². The molecule has 2 fully saturated rings. The third-order valence-electron chi connectivity index (χ3n) is 3.86. The molecular formula is C12H18N2O3S. The van der Waals surface area contributed by atoms with E-state index in [2.05, 4.69) is 17.9 Å². The van der Waals surface area contributed by atoms with Crippen molar-refractivity contribution in [2.45, 2.75) is 36.5 Å². The Morgan fingerprint density at radius 1 is 1.50 bits per heavy atom. The highest BCUT2D eigenvalue weighted by Crippen LogP contribution is 2.56. The summed E-state index contributed by atoms with van der Waals surface area (Å²) in [6.07, 6.45) is 3.13. The van der Waals surface area contributed by atoms with Crippen LogP contribution in [-0.2, 0) is 14.8 Å². The van der Waals surface area contributed by atoms with Crippen LogP contribution in [0.25, 0.3) is 0 Å². The molecule has 0 aromatic carbocycles. The Morgan fingerprint density at radius 3 is 2.39 bits per heavy atom. The molecule has 2 rings (SSSR count). The fourth-order valence-corrected chi connectivity index (χ4v) is 4.45. The topological polar surface area (TPSA) is 89.3 Å². The second-order valence-electron chi connectivity index (χ2n) is 5.27. The molecule has 0 saturated heterocycles. The van der Waals surface area contributed by atoms with Gasteiger partial charge in [0.05, 0.1) is 5.54 Å². The van der Waals surface area contributed by atoms with E-state index in [4.69, 9.17) is 5.73 Å². The zero-order valence-corrected chi connectivity index (χ0v) is 11.2. The fourth-order valence-electron chi connectivity index (χ4n) is 2.38. The monoisotopic (exact) mass is 270 g/mol. The predicted octanol–water partition coefficient (Wildman–Crippen LogP) is 0.444. The molecule has 2 aliphatic carbocycles. The van der Waals surface area contributed by atoms with Crippen molar-refractivity contribution in [3.05, 3.63) is 24.8 Å². The van der Waals surface area contributed by atoms with Crippen LogP contribution >= 0.6 is 0 Å². The van der Waals surface area contributed by atoms with Gasteiger partial charge in [0.25, 0.3) is 0 Å². The maximum atomic E-state index is 12.4. The van der Waals surface area contributed by atoms with Crippen LogP contribution in [0.3, 0.4) is 0 Å². The molecular weight excluding hydrogens is 252 g/mol. The second-order valence-corrected chi connectivity index (χ2v) is 7.18. The van der Waals surface area contributed by atoms with Gasteiger partial charge >= 0.3 is 0 Å². The van der Waals surface area contributed by atoms with Crippen molar-refractivity contribution in [2.75, 3.05) is 0 Å². The highest BCUT2D eigenvalue weighted by molar-refractivity contribution is 7.92. The Labute approximate surface area is 107 Å². The van der Waals surface area contributed by atoms with Gasteiger partial charge in [0, 0.05) is 5.92 Å². The van der Waals surface area contributed by atoms with Crippen molar-refractivity contribution in [3.8, 4) is 0 Å². The molecule has 18 heavy (non-hydrogen) atoms. The SMILES string of the molecule is C=CC1(N)CC1(C(=C)C)S(=O)(=O)NC(=O)C1CC1. The van der Waals surface area contributed by atoms with E-state index >= 15 is 0 Å². The average molecular weight is 270 g/mol. The van der Waals surface area contributed by atoms with Crippen LogP contribution < -0.4 is 10.5 Å². The summed E-state index contributed by atoms with van der Waals surface area (Å²) >= 11 is 0. The first-order valence-corrected chi connectivity index (χ1v) is 7.33. The van der Waals surface area contributed by atoms with Crippen molar-refractivity contribution >= 4 is 15.9 Å². The van der Waals surface area contributed by atoms with Crippen LogP contribution in [0.2, 0.25) is 0 Å². The molecule has 3 N–H and O–H groups in total. The molecule has 2 atom stereocenters. The molecule has 0 radical (unpaired) electrons. The molecule has 0 spiro atoms. The Balaban J connectivity index is 2.30. The molecule has 0 aromatic rings. The summed E-state index contributed by atoms with van der Waals surface area (Å²) in [5.74, 6) is -0.606. The molecule has 1 amide bonds. The number of nitrogens with two attached hydrogens (primary N) is 1. The summed E-state index contributed by atoms with van der Waals surface area (Å²) in [4.78, 5) is 11.6. The number of amides is 1. The van der Waals surface area contributed by atoms with Crippen LogP contribution in [0.15, 0.2) is 24.8 Å². The molecule has 0 aromatic heterocycles. The molecule has 0 bridgehead atoms. The van der Waals surface area contributed by atoms with Gasteiger partial charge in [-0.3, -0.25) is 9.52 Å². The normalized spacial score (nSPS) is 34.8. The fraction of sp³-hybridized carbons (Fsp3) is 0.583. The lowest BCUT2D eigenvalue weighted by molar-refractivity contribution is -0.120. The van der Waals surface area contributed by atoms with Gasteiger partial charge < -0.3 is 5.73 Å². The van der Waals surface area contributed by atoms with E-state index in [9.17, 15) is 13.2 Å². The van der Waals surface area contributed by atoms with Gasteiger partial charge in [-0.05, 0) is 26.2 Å². The first-order chi connectivity index (χ1) is 8.20. The molecule has 2 saturated carbocycles. The van der Waals surface area contributed by atoms with E-state index in [1.165, 1.54) is 6.08 Å².